The molecule has 0 radical (unpaired) electrons. The van der Waals surface area contributed by atoms with Crippen LogP contribution < -0.4 is 0 Å². The van der Waals surface area contributed by atoms with E-state index in [1.54, 1.807) is 7.11 Å². The molecule has 2 nitrogen and oxygen atoms in total. The van der Waals surface area contributed by atoms with Crippen molar-refractivity contribution in [2.45, 2.75) is 19.3 Å². The first-order chi connectivity index (χ1) is 5.93. The maximum Gasteiger partial charge on any atom is 0.0462 e. The number of ether oxygens (including phenoxy) is 1. The fourth-order valence-corrected chi connectivity index (χ4v) is 1.12. The van der Waals surface area contributed by atoms with Crippen molar-refractivity contribution in [1.82, 2.24) is 4.98 Å². The number of aryl methyl sites for hydroxylation is 1. The van der Waals surface area contributed by atoms with E-state index in [1.807, 2.05) is 12.4 Å². The van der Waals surface area contributed by atoms with E-state index >= 15 is 0 Å². The van der Waals surface area contributed by atoms with Crippen LogP contribution in [0.15, 0.2) is 24.5 Å². The molecule has 1 heterocycles. The highest BCUT2D eigenvalue weighted by Gasteiger charge is 1.91. The number of aromatic nitrogens is 1. The quantitative estimate of drug-likeness (QED) is 0.623. The zero-order valence-corrected chi connectivity index (χ0v) is 7.49. The van der Waals surface area contributed by atoms with Crippen molar-refractivity contribution in [3.05, 3.63) is 30.1 Å². The second-order valence-electron chi connectivity index (χ2n) is 2.81. The van der Waals surface area contributed by atoms with E-state index in [0.29, 0.717) is 0 Å². The van der Waals surface area contributed by atoms with E-state index < -0.39 is 0 Å². The molecule has 0 spiro atoms. The lowest BCUT2D eigenvalue weighted by atomic mass is 10.1. The predicted molar refractivity (Wildman–Crippen MR) is 49.1 cm³/mol. The van der Waals surface area contributed by atoms with Crippen LogP contribution in [0.4, 0.5) is 0 Å². The highest BCUT2D eigenvalue weighted by Crippen LogP contribution is 2.02. The minimum Gasteiger partial charge on any atom is -0.385 e. The third-order valence-electron chi connectivity index (χ3n) is 1.81. The van der Waals surface area contributed by atoms with E-state index in [-0.39, 0.29) is 0 Å². The Morgan fingerprint density at radius 1 is 1.25 bits per heavy atom. The van der Waals surface area contributed by atoms with Gasteiger partial charge in [0.05, 0.1) is 0 Å². The number of methoxy groups -OCH3 is 1. The summed E-state index contributed by atoms with van der Waals surface area (Å²) in [4.78, 5) is 3.97. The normalized spacial score (nSPS) is 10.1. The Kier molecular flexibility index (Phi) is 4.39. The summed E-state index contributed by atoms with van der Waals surface area (Å²) < 4.78 is 4.97. The van der Waals surface area contributed by atoms with Gasteiger partial charge in [-0.3, -0.25) is 4.98 Å². The minimum atomic E-state index is 0.866. The zero-order valence-electron chi connectivity index (χ0n) is 7.49. The molecule has 0 amide bonds. The van der Waals surface area contributed by atoms with Crippen LogP contribution in [0, 0.1) is 0 Å². The van der Waals surface area contributed by atoms with Crippen LogP contribution in [0.3, 0.4) is 0 Å². The summed E-state index contributed by atoms with van der Waals surface area (Å²) >= 11 is 0. The average Bonchev–Trinajstić information content (AvgIpc) is 2.14. The topological polar surface area (TPSA) is 22.1 Å². The number of unbranched alkanes of at least 4 members (excludes halogenated alkanes) is 1. The van der Waals surface area contributed by atoms with Crippen LogP contribution in [-0.4, -0.2) is 18.7 Å². The SMILES string of the molecule is COCCCCc1ccncc1. The van der Waals surface area contributed by atoms with Crippen LogP contribution in [0.2, 0.25) is 0 Å². The number of nitrogens with zero attached hydrogens (tertiary/aromatic N) is 1. The summed E-state index contributed by atoms with van der Waals surface area (Å²) in [6.07, 6.45) is 7.14. The van der Waals surface area contributed by atoms with Gasteiger partial charge >= 0.3 is 0 Å². The van der Waals surface area contributed by atoms with E-state index in [1.165, 1.54) is 12.0 Å². The highest BCUT2D eigenvalue weighted by molar-refractivity contribution is 5.09. The Hall–Kier alpha value is -0.890. The molecule has 0 saturated heterocycles. The van der Waals surface area contributed by atoms with E-state index in [4.69, 9.17) is 4.74 Å². The van der Waals surface area contributed by atoms with Gasteiger partial charge in [0.2, 0.25) is 0 Å². The average molecular weight is 165 g/mol. The van der Waals surface area contributed by atoms with Gasteiger partial charge in [-0.1, -0.05) is 0 Å². The van der Waals surface area contributed by atoms with Gasteiger partial charge in [0, 0.05) is 26.1 Å². The third kappa shape index (κ3) is 3.49. The standard InChI is InChI=1S/C10H15NO/c1-12-9-3-2-4-10-5-7-11-8-6-10/h5-8H,2-4,9H2,1H3. The maximum atomic E-state index is 4.97. The van der Waals surface area contributed by atoms with Gasteiger partial charge in [-0.05, 0) is 37.0 Å². The van der Waals surface area contributed by atoms with Crippen LogP contribution >= 0.6 is 0 Å². The Morgan fingerprint density at radius 2 is 2.00 bits per heavy atom. The zero-order chi connectivity index (χ0) is 8.65. The molecule has 1 aromatic rings. The van der Waals surface area contributed by atoms with Crippen molar-refractivity contribution in [2.75, 3.05) is 13.7 Å². The minimum absolute atomic E-state index is 0.866. The second-order valence-corrected chi connectivity index (χ2v) is 2.81. The highest BCUT2D eigenvalue weighted by atomic mass is 16.5. The van der Waals surface area contributed by atoms with Gasteiger partial charge in [0.15, 0.2) is 0 Å². The molecule has 0 aliphatic heterocycles. The van der Waals surface area contributed by atoms with Crippen LogP contribution in [-0.2, 0) is 11.2 Å². The Bertz CT molecular complexity index is 198. The number of hydrogen-bond donors (Lipinski definition) is 0. The van der Waals surface area contributed by atoms with Gasteiger partial charge in [0.25, 0.3) is 0 Å². The van der Waals surface area contributed by atoms with Crippen LogP contribution in [0.25, 0.3) is 0 Å². The molecule has 0 aromatic carbocycles. The molecule has 66 valence electrons. The van der Waals surface area contributed by atoms with Gasteiger partial charge < -0.3 is 4.74 Å². The smallest absolute Gasteiger partial charge is 0.0462 e. The van der Waals surface area contributed by atoms with Gasteiger partial charge in [-0.25, -0.2) is 0 Å². The Balaban J connectivity index is 2.16. The molecule has 0 unspecified atom stereocenters. The molecule has 0 fully saturated rings. The first-order valence-corrected chi connectivity index (χ1v) is 4.31. The largest absolute Gasteiger partial charge is 0.385 e. The van der Waals surface area contributed by atoms with E-state index in [0.717, 1.165) is 19.4 Å². The van der Waals surface area contributed by atoms with Crippen molar-refractivity contribution < 1.29 is 4.74 Å². The van der Waals surface area contributed by atoms with Gasteiger partial charge in [0.1, 0.15) is 0 Å². The lowest BCUT2D eigenvalue weighted by Gasteiger charge is -1.99. The van der Waals surface area contributed by atoms with E-state index in [2.05, 4.69) is 17.1 Å². The van der Waals surface area contributed by atoms with Crippen molar-refractivity contribution >= 4 is 0 Å². The summed E-state index contributed by atoms with van der Waals surface area (Å²) in [6, 6.07) is 4.12. The van der Waals surface area contributed by atoms with Crippen molar-refractivity contribution in [3.63, 3.8) is 0 Å². The number of hydrogen-bond acceptors (Lipinski definition) is 2. The number of rotatable bonds is 5. The van der Waals surface area contributed by atoms with Crippen molar-refractivity contribution in [2.24, 2.45) is 0 Å². The predicted octanol–water partition coefficient (Wildman–Crippen LogP) is 2.05. The van der Waals surface area contributed by atoms with Crippen LogP contribution in [0.5, 0.6) is 0 Å². The van der Waals surface area contributed by atoms with E-state index in [9.17, 15) is 0 Å². The molecule has 0 saturated carbocycles. The molecule has 0 aliphatic carbocycles. The van der Waals surface area contributed by atoms with Gasteiger partial charge in [-0.15, -0.1) is 0 Å². The lowest BCUT2D eigenvalue weighted by Crippen LogP contribution is -1.91. The molecule has 2 heteroatoms. The maximum absolute atomic E-state index is 4.97. The fraction of sp³-hybridized carbons (Fsp3) is 0.500. The fourth-order valence-electron chi connectivity index (χ4n) is 1.12. The summed E-state index contributed by atoms with van der Waals surface area (Å²) in [5, 5.41) is 0. The molecule has 0 atom stereocenters. The Morgan fingerprint density at radius 3 is 2.67 bits per heavy atom. The summed E-state index contributed by atoms with van der Waals surface area (Å²) in [5.41, 5.74) is 1.36. The number of pyridine rings is 1. The summed E-state index contributed by atoms with van der Waals surface area (Å²) in [5.74, 6) is 0. The molecule has 1 rings (SSSR count). The first-order valence-electron chi connectivity index (χ1n) is 4.31. The Labute approximate surface area is 73.6 Å². The van der Waals surface area contributed by atoms with Gasteiger partial charge in [-0.2, -0.15) is 0 Å². The molecular weight excluding hydrogens is 150 g/mol. The molecule has 12 heavy (non-hydrogen) atoms. The molecule has 0 aliphatic rings. The molecule has 0 bridgehead atoms. The third-order valence-corrected chi connectivity index (χ3v) is 1.81. The first kappa shape index (κ1) is 9.20. The van der Waals surface area contributed by atoms with Crippen molar-refractivity contribution in [3.8, 4) is 0 Å². The summed E-state index contributed by atoms with van der Waals surface area (Å²) in [7, 11) is 1.74. The monoisotopic (exact) mass is 165 g/mol. The van der Waals surface area contributed by atoms with Crippen molar-refractivity contribution in [1.29, 1.82) is 0 Å². The summed E-state index contributed by atoms with van der Waals surface area (Å²) in [6.45, 7) is 0.866. The lowest BCUT2D eigenvalue weighted by molar-refractivity contribution is 0.193. The molecule has 0 N–H and O–H groups in total. The molecule has 1 aromatic heterocycles. The second kappa shape index (κ2) is 5.72. The van der Waals surface area contributed by atoms with Crippen LogP contribution in [0.1, 0.15) is 18.4 Å². The molecular formula is C10H15NO.